The van der Waals surface area contributed by atoms with Crippen LogP contribution in [0.2, 0.25) is 0 Å². The number of amides is 1. The first-order chi connectivity index (χ1) is 9.32. The van der Waals surface area contributed by atoms with E-state index in [1.807, 2.05) is 13.8 Å². The van der Waals surface area contributed by atoms with Crippen LogP contribution in [0.5, 0.6) is 0 Å². The van der Waals surface area contributed by atoms with Crippen LogP contribution in [0.25, 0.3) is 0 Å². The largest absolute Gasteiger partial charge is 0.397 e. The van der Waals surface area contributed by atoms with Crippen molar-refractivity contribution in [1.29, 1.82) is 0 Å². The third-order valence-corrected chi connectivity index (χ3v) is 3.92. The Balaban J connectivity index is 2.23. The Kier molecular flexibility index (Phi) is 3.94. The van der Waals surface area contributed by atoms with Crippen LogP contribution in [0, 0.1) is 23.5 Å². The summed E-state index contributed by atoms with van der Waals surface area (Å²) in [6, 6.07) is 2.14. The van der Waals surface area contributed by atoms with Crippen molar-refractivity contribution in [1.82, 2.24) is 0 Å². The van der Waals surface area contributed by atoms with E-state index in [1.54, 1.807) is 6.92 Å². The molecule has 1 aromatic carbocycles. The first-order valence-corrected chi connectivity index (χ1v) is 6.52. The molecule has 4 unspecified atom stereocenters. The van der Waals surface area contributed by atoms with Gasteiger partial charge in [-0.2, -0.15) is 0 Å². The lowest BCUT2D eigenvalue weighted by Crippen LogP contribution is -2.32. The number of carbonyl (C=O) groups excluding carboxylic acids is 1. The summed E-state index contributed by atoms with van der Waals surface area (Å²) in [7, 11) is 0. The number of benzene rings is 1. The van der Waals surface area contributed by atoms with Gasteiger partial charge in [0.1, 0.15) is 5.69 Å². The normalized spacial score (nSPS) is 29.4. The summed E-state index contributed by atoms with van der Waals surface area (Å²) in [5, 5.41) is 2.38. The van der Waals surface area contributed by atoms with Gasteiger partial charge in [0, 0.05) is 0 Å². The molecule has 6 heteroatoms. The van der Waals surface area contributed by atoms with E-state index in [0.29, 0.717) is 0 Å². The molecule has 110 valence electrons. The molecule has 1 aliphatic heterocycles. The van der Waals surface area contributed by atoms with Crippen molar-refractivity contribution in [3.63, 3.8) is 0 Å². The highest BCUT2D eigenvalue weighted by molar-refractivity contribution is 5.96. The monoisotopic (exact) mass is 284 g/mol. The van der Waals surface area contributed by atoms with Crippen LogP contribution in [0.3, 0.4) is 0 Å². The molecule has 1 aliphatic rings. The molecular formula is C14H18F2N2O2. The zero-order valence-corrected chi connectivity index (χ0v) is 11.6. The van der Waals surface area contributed by atoms with E-state index in [4.69, 9.17) is 10.5 Å². The van der Waals surface area contributed by atoms with Gasteiger partial charge in [-0.1, -0.05) is 6.92 Å². The number of hydrogen-bond donors (Lipinski definition) is 2. The molecule has 1 amide bonds. The predicted octanol–water partition coefficient (Wildman–Crippen LogP) is 2.55. The number of nitrogen functional groups attached to an aromatic ring is 1. The molecule has 1 aromatic rings. The Bertz CT molecular complexity index is 536. The van der Waals surface area contributed by atoms with Crippen molar-refractivity contribution in [2.45, 2.75) is 33.0 Å². The molecule has 1 saturated heterocycles. The van der Waals surface area contributed by atoms with Crippen LogP contribution in [0.4, 0.5) is 20.2 Å². The fraction of sp³-hybridized carbons (Fsp3) is 0.500. The third kappa shape index (κ3) is 2.47. The molecule has 1 heterocycles. The van der Waals surface area contributed by atoms with Gasteiger partial charge in [-0.25, -0.2) is 8.78 Å². The van der Waals surface area contributed by atoms with Crippen molar-refractivity contribution < 1.29 is 18.3 Å². The van der Waals surface area contributed by atoms with Gasteiger partial charge < -0.3 is 15.8 Å². The first kappa shape index (κ1) is 14.7. The molecule has 2 rings (SSSR count). The topological polar surface area (TPSA) is 64.3 Å². The zero-order valence-electron chi connectivity index (χ0n) is 11.6. The lowest BCUT2D eigenvalue weighted by Gasteiger charge is -2.19. The summed E-state index contributed by atoms with van der Waals surface area (Å²) in [6.07, 6.45) is -0.340. The van der Waals surface area contributed by atoms with Gasteiger partial charge in [0.2, 0.25) is 5.91 Å². The number of rotatable bonds is 2. The second kappa shape index (κ2) is 5.36. The Hall–Kier alpha value is -1.69. The molecule has 0 aromatic heterocycles. The Morgan fingerprint density at radius 3 is 2.45 bits per heavy atom. The minimum atomic E-state index is -1.15. The van der Waals surface area contributed by atoms with Gasteiger partial charge in [-0.15, -0.1) is 0 Å². The molecule has 0 spiro atoms. The molecule has 0 radical (unpaired) electrons. The summed E-state index contributed by atoms with van der Waals surface area (Å²) >= 11 is 0. The van der Waals surface area contributed by atoms with E-state index in [-0.39, 0.29) is 29.5 Å². The molecule has 1 fully saturated rings. The maximum Gasteiger partial charge on any atom is 0.230 e. The standard InChI is InChI=1S/C14H18F2N2O2/c1-6-7(2)20-8(3)11(6)14(19)18-13-10(17)5-4-9(15)12(13)16/h4-8,11H,17H2,1-3H3,(H,18,19). The minimum Gasteiger partial charge on any atom is -0.397 e. The van der Waals surface area contributed by atoms with Crippen LogP contribution in [0.15, 0.2) is 12.1 Å². The fourth-order valence-electron chi connectivity index (χ4n) is 2.62. The quantitative estimate of drug-likeness (QED) is 0.820. The number of ether oxygens (including phenoxy) is 1. The van der Waals surface area contributed by atoms with Gasteiger partial charge in [0.05, 0.1) is 23.8 Å². The summed E-state index contributed by atoms with van der Waals surface area (Å²) in [4.78, 5) is 12.3. The average Bonchev–Trinajstić information content (AvgIpc) is 2.63. The number of nitrogens with two attached hydrogens (primary N) is 1. The summed E-state index contributed by atoms with van der Waals surface area (Å²) < 4.78 is 32.4. The minimum absolute atomic E-state index is 0.00970. The van der Waals surface area contributed by atoms with Crippen molar-refractivity contribution in [3.05, 3.63) is 23.8 Å². The highest BCUT2D eigenvalue weighted by atomic mass is 19.2. The molecule has 3 N–H and O–H groups in total. The third-order valence-electron chi connectivity index (χ3n) is 3.92. The summed E-state index contributed by atoms with van der Waals surface area (Å²) in [5.41, 5.74) is 5.26. The Morgan fingerprint density at radius 1 is 1.25 bits per heavy atom. The van der Waals surface area contributed by atoms with Crippen LogP contribution in [0.1, 0.15) is 20.8 Å². The summed E-state index contributed by atoms with van der Waals surface area (Å²) in [5.74, 6) is -3.04. The fourth-order valence-corrected chi connectivity index (χ4v) is 2.62. The first-order valence-electron chi connectivity index (χ1n) is 6.52. The second-order valence-electron chi connectivity index (χ2n) is 5.25. The van der Waals surface area contributed by atoms with Gasteiger partial charge in [-0.05, 0) is 31.9 Å². The zero-order chi connectivity index (χ0) is 15.0. The Morgan fingerprint density at radius 2 is 1.90 bits per heavy atom. The molecule has 0 bridgehead atoms. The van der Waals surface area contributed by atoms with Crippen LogP contribution in [-0.4, -0.2) is 18.1 Å². The lowest BCUT2D eigenvalue weighted by molar-refractivity contribution is -0.122. The predicted molar refractivity (Wildman–Crippen MR) is 72.1 cm³/mol. The maximum absolute atomic E-state index is 13.7. The second-order valence-corrected chi connectivity index (χ2v) is 5.25. The van der Waals surface area contributed by atoms with E-state index in [2.05, 4.69) is 5.32 Å². The van der Waals surface area contributed by atoms with E-state index < -0.39 is 23.5 Å². The molecular weight excluding hydrogens is 266 g/mol. The van der Waals surface area contributed by atoms with Gasteiger partial charge in [0.25, 0.3) is 0 Å². The molecule has 0 aliphatic carbocycles. The van der Waals surface area contributed by atoms with Crippen molar-refractivity contribution in [2.24, 2.45) is 11.8 Å². The van der Waals surface area contributed by atoms with Crippen molar-refractivity contribution in [3.8, 4) is 0 Å². The highest BCUT2D eigenvalue weighted by Gasteiger charge is 2.41. The van der Waals surface area contributed by atoms with Gasteiger partial charge >= 0.3 is 0 Å². The molecule has 4 nitrogen and oxygen atoms in total. The van der Waals surface area contributed by atoms with E-state index >= 15 is 0 Å². The lowest BCUT2D eigenvalue weighted by atomic mass is 9.89. The number of nitrogens with one attached hydrogen (secondary N) is 1. The van der Waals surface area contributed by atoms with Gasteiger partial charge in [-0.3, -0.25) is 4.79 Å². The number of anilines is 2. The van der Waals surface area contributed by atoms with Crippen molar-refractivity contribution in [2.75, 3.05) is 11.1 Å². The van der Waals surface area contributed by atoms with Crippen LogP contribution >= 0.6 is 0 Å². The number of hydrogen-bond acceptors (Lipinski definition) is 3. The number of carbonyl (C=O) groups is 1. The van der Waals surface area contributed by atoms with E-state index in [1.165, 1.54) is 6.07 Å². The molecule has 4 atom stereocenters. The molecule has 20 heavy (non-hydrogen) atoms. The van der Waals surface area contributed by atoms with Crippen molar-refractivity contribution >= 4 is 17.3 Å². The smallest absolute Gasteiger partial charge is 0.230 e. The molecule has 0 saturated carbocycles. The average molecular weight is 284 g/mol. The van der Waals surface area contributed by atoms with E-state index in [0.717, 1.165) is 6.07 Å². The number of halogens is 2. The van der Waals surface area contributed by atoms with Gasteiger partial charge in [0.15, 0.2) is 11.6 Å². The summed E-state index contributed by atoms with van der Waals surface area (Å²) in [6.45, 7) is 5.56. The van der Waals surface area contributed by atoms with Crippen LogP contribution < -0.4 is 11.1 Å². The SMILES string of the molecule is CC1OC(C)C(C(=O)Nc2c(N)ccc(F)c2F)C1C. The Labute approximate surface area is 116 Å². The highest BCUT2D eigenvalue weighted by Crippen LogP contribution is 2.34. The van der Waals surface area contributed by atoms with E-state index in [9.17, 15) is 13.6 Å². The van der Waals surface area contributed by atoms with Crippen LogP contribution in [-0.2, 0) is 9.53 Å². The maximum atomic E-state index is 13.7.